The van der Waals surface area contributed by atoms with Crippen molar-refractivity contribution in [1.29, 1.82) is 0 Å². The molecular formula is C21H18BrN3O4S. The molecule has 3 rings (SSSR count). The van der Waals surface area contributed by atoms with Gasteiger partial charge in [0, 0.05) is 21.3 Å². The molecule has 0 aromatic heterocycles. The molecule has 9 heteroatoms. The van der Waals surface area contributed by atoms with Crippen LogP contribution in [0.1, 0.15) is 15.9 Å². The Morgan fingerprint density at radius 2 is 1.77 bits per heavy atom. The van der Waals surface area contributed by atoms with Crippen LogP contribution in [0.5, 0.6) is 5.75 Å². The molecule has 1 amide bonds. The van der Waals surface area contributed by atoms with Gasteiger partial charge < -0.3 is 4.74 Å². The number of benzene rings is 3. The summed E-state index contributed by atoms with van der Waals surface area (Å²) in [5.41, 5.74) is 3.73. The lowest BCUT2D eigenvalue weighted by Gasteiger charge is -2.10. The van der Waals surface area contributed by atoms with Crippen LogP contribution in [0.25, 0.3) is 0 Å². The van der Waals surface area contributed by atoms with E-state index in [1.54, 1.807) is 24.3 Å². The summed E-state index contributed by atoms with van der Waals surface area (Å²) < 4.78 is 33.7. The van der Waals surface area contributed by atoms with Crippen LogP contribution in [0.15, 0.2) is 87.3 Å². The summed E-state index contributed by atoms with van der Waals surface area (Å²) in [6.45, 7) is 0. The third-order valence-corrected chi connectivity index (χ3v) is 6.12. The number of nitrogens with one attached hydrogen (secondary N) is 2. The average molecular weight is 488 g/mol. The van der Waals surface area contributed by atoms with Gasteiger partial charge in [-0.15, -0.1) is 0 Å². The molecule has 0 unspecified atom stereocenters. The van der Waals surface area contributed by atoms with E-state index in [2.05, 4.69) is 31.2 Å². The number of hydrazone groups is 1. The van der Waals surface area contributed by atoms with Gasteiger partial charge in [0.1, 0.15) is 5.75 Å². The second-order valence-corrected chi connectivity index (χ2v) is 8.62. The second-order valence-electron chi connectivity index (χ2n) is 6.08. The maximum absolute atomic E-state index is 12.7. The Hall–Kier alpha value is -3.17. The number of methoxy groups -OCH3 is 1. The third kappa shape index (κ3) is 5.46. The summed E-state index contributed by atoms with van der Waals surface area (Å²) in [7, 11) is -2.35. The fourth-order valence-corrected chi connectivity index (χ4v) is 3.97. The van der Waals surface area contributed by atoms with Gasteiger partial charge >= 0.3 is 0 Å². The maximum Gasteiger partial charge on any atom is 0.271 e. The molecule has 0 radical (unpaired) electrons. The zero-order valence-corrected chi connectivity index (χ0v) is 18.3. The van der Waals surface area contributed by atoms with Gasteiger partial charge in [0.25, 0.3) is 15.9 Å². The van der Waals surface area contributed by atoms with Gasteiger partial charge in [-0.3, -0.25) is 9.52 Å². The first kappa shape index (κ1) is 21.5. The van der Waals surface area contributed by atoms with Crippen LogP contribution in [-0.2, 0) is 10.0 Å². The molecule has 7 nitrogen and oxygen atoms in total. The predicted octanol–water partition coefficient (Wildman–Crippen LogP) is 4.02. The fourth-order valence-electron chi connectivity index (χ4n) is 2.48. The number of amides is 1. The number of anilines is 1. The van der Waals surface area contributed by atoms with Crippen LogP contribution < -0.4 is 14.9 Å². The number of nitrogens with zero attached hydrogens (tertiary/aromatic N) is 1. The highest BCUT2D eigenvalue weighted by Gasteiger charge is 2.16. The molecule has 0 fully saturated rings. The lowest BCUT2D eigenvalue weighted by molar-refractivity contribution is 0.0955. The molecule has 3 aromatic carbocycles. The van der Waals surface area contributed by atoms with Crippen molar-refractivity contribution in [3.63, 3.8) is 0 Å². The van der Waals surface area contributed by atoms with Gasteiger partial charge in [-0.2, -0.15) is 5.10 Å². The van der Waals surface area contributed by atoms with Gasteiger partial charge in [0.15, 0.2) is 0 Å². The van der Waals surface area contributed by atoms with Gasteiger partial charge in [-0.05, 0) is 48.5 Å². The van der Waals surface area contributed by atoms with Crippen molar-refractivity contribution in [2.45, 2.75) is 4.90 Å². The Morgan fingerprint density at radius 1 is 1.03 bits per heavy atom. The average Bonchev–Trinajstić information content (AvgIpc) is 2.75. The molecule has 0 aliphatic carbocycles. The van der Waals surface area contributed by atoms with E-state index in [4.69, 9.17) is 4.74 Å². The number of carbonyl (C=O) groups is 1. The highest BCUT2D eigenvalue weighted by molar-refractivity contribution is 9.10. The van der Waals surface area contributed by atoms with E-state index >= 15 is 0 Å². The largest absolute Gasteiger partial charge is 0.497 e. The number of halogens is 1. The molecule has 0 atom stereocenters. The zero-order valence-electron chi connectivity index (χ0n) is 15.9. The predicted molar refractivity (Wildman–Crippen MR) is 119 cm³/mol. The second kappa shape index (κ2) is 9.55. The van der Waals surface area contributed by atoms with Crippen LogP contribution in [0.3, 0.4) is 0 Å². The Bertz CT molecular complexity index is 1180. The number of sulfonamides is 1. The summed E-state index contributed by atoms with van der Waals surface area (Å²) in [5, 5.41) is 3.92. The number of hydrogen-bond donors (Lipinski definition) is 2. The van der Waals surface area contributed by atoms with Gasteiger partial charge in [-0.1, -0.05) is 40.2 Å². The van der Waals surface area contributed by atoms with Crippen LogP contribution in [0.4, 0.5) is 5.69 Å². The Balaban J connectivity index is 1.72. The zero-order chi connectivity index (χ0) is 21.6. The van der Waals surface area contributed by atoms with Gasteiger partial charge in [0.05, 0.1) is 18.2 Å². The highest BCUT2D eigenvalue weighted by Crippen LogP contribution is 2.20. The summed E-state index contributed by atoms with van der Waals surface area (Å²) in [6, 6.07) is 19.6. The molecule has 3 aromatic rings. The van der Waals surface area contributed by atoms with E-state index in [1.807, 2.05) is 24.3 Å². The van der Waals surface area contributed by atoms with E-state index in [0.29, 0.717) is 11.4 Å². The number of carbonyl (C=O) groups excluding carboxylic acids is 1. The first-order chi connectivity index (χ1) is 14.4. The van der Waals surface area contributed by atoms with Crippen molar-refractivity contribution in [3.05, 3.63) is 88.4 Å². The molecule has 0 bridgehead atoms. The van der Waals surface area contributed by atoms with Crippen molar-refractivity contribution in [2.24, 2.45) is 5.10 Å². The molecular weight excluding hydrogens is 470 g/mol. The Labute approximate surface area is 183 Å². The van der Waals surface area contributed by atoms with Crippen LogP contribution in [0, 0.1) is 0 Å². The lowest BCUT2D eigenvalue weighted by Crippen LogP contribution is -2.19. The quantitative estimate of drug-likeness (QED) is 0.388. The molecule has 0 saturated heterocycles. The van der Waals surface area contributed by atoms with E-state index in [0.717, 1.165) is 10.0 Å². The highest BCUT2D eigenvalue weighted by atomic mass is 79.9. The molecule has 0 saturated carbocycles. The summed E-state index contributed by atoms with van der Waals surface area (Å²) >= 11 is 3.39. The van der Waals surface area contributed by atoms with Crippen molar-refractivity contribution < 1.29 is 17.9 Å². The fraction of sp³-hybridized carbons (Fsp3) is 0.0476. The number of ether oxygens (including phenoxy) is 1. The molecule has 0 aliphatic rings. The summed E-state index contributed by atoms with van der Waals surface area (Å²) in [6.07, 6.45) is 1.49. The topological polar surface area (TPSA) is 96.9 Å². The normalized spacial score (nSPS) is 11.3. The monoisotopic (exact) mass is 487 g/mol. The molecule has 0 heterocycles. The summed E-state index contributed by atoms with van der Waals surface area (Å²) in [4.78, 5) is 12.3. The molecule has 0 aliphatic heterocycles. The molecule has 2 N–H and O–H groups in total. The Kier molecular flexibility index (Phi) is 6.86. The van der Waals surface area contributed by atoms with Crippen LogP contribution >= 0.6 is 15.9 Å². The minimum atomic E-state index is -3.87. The van der Waals surface area contributed by atoms with E-state index in [-0.39, 0.29) is 10.5 Å². The van der Waals surface area contributed by atoms with Gasteiger partial charge in [-0.25, -0.2) is 13.8 Å². The SMILES string of the molecule is COc1ccc(NS(=O)(=O)c2cccc(C(=O)NN=Cc3ccccc3Br)c2)cc1. The standard InChI is InChI=1S/C21H18BrN3O4S/c1-29-18-11-9-17(10-12-18)25-30(27,28)19-7-4-6-15(13-19)21(26)24-23-14-16-5-2-3-8-20(16)22/h2-14,25H,1H3,(H,24,26). The van der Waals surface area contributed by atoms with E-state index in [9.17, 15) is 13.2 Å². The Morgan fingerprint density at radius 3 is 2.47 bits per heavy atom. The smallest absolute Gasteiger partial charge is 0.271 e. The molecule has 30 heavy (non-hydrogen) atoms. The first-order valence-electron chi connectivity index (χ1n) is 8.74. The minimum Gasteiger partial charge on any atom is -0.497 e. The van der Waals surface area contributed by atoms with Crippen LogP contribution in [-0.4, -0.2) is 27.6 Å². The van der Waals surface area contributed by atoms with Crippen LogP contribution in [0.2, 0.25) is 0 Å². The van der Waals surface area contributed by atoms with E-state index in [1.165, 1.54) is 37.6 Å². The molecule has 154 valence electrons. The van der Waals surface area contributed by atoms with Crippen molar-refractivity contribution in [2.75, 3.05) is 11.8 Å². The maximum atomic E-state index is 12.7. The minimum absolute atomic E-state index is 0.0410. The lowest BCUT2D eigenvalue weighted by atomic mass is 10.2. The van der Waals surface area contributed by atoms with E-state index < -0.39 is 15.9 Å². The molecule has 0 spiro atoms. The number of hydrogen-bond acceptors (Lipinski definition) is 5. The van der Waals surface area contributed by atoms with Crippen molar-refractivity contribution >= 4 is 43.8 Å². The third-order valence-electron chi connectivity index (χ3n) is 4.02. The number of rotatable bonds is 7. The van der Waals surface area contributed by atoms with Crippen molar-refractivity contribution in [3.8, 4) is 5.75 Å². The summed E-state index contributed by atoms with van der Waals surface area (Å²) in [5.74, 6) is 0.0829. The van der Waals surface area contributed by atoms with Gasteiger partial charge in [0.2, 0.25) is 0 Å². The first-order valence-corrected chi connectivity index (χ1v) is 11.0. The van der Waals surface area contributed by atoms with Crippen molar-refractivity contribution in [1.82, 2.24) is 5.43 Å².